The number of amides is 2. The molecule has 13 heteroatoms. The van der Waals surface area contributed by atoms with Crippen molar-refractivity contribution >= 4 is 29.7 Å². The third-order valence-electron chi connectivity index (χ3n) is 8.82. The zero-order valence-electron chi connectivity index (χ0n) is 33.4. The predicted molar refractivity (Wildman–Crippen MR) is 203 cm³/mol. The van der Waals surface area contributed by atoms with Gasteiger partial charge in [-0.2, -0.15) is 0 Å². The van der Waals surface area contributed by atoms with Gasteiger partial charge in [0.25, 0.3) is 0 Å². The first-order valence-electron chi connectivity index (χ1n) is 18.1. The maximum absolute atomic E-state index is 14.1. The lowest BCUT2D eigenvalue weighted by Crippen LogP contribution is -2.43. The maximum Gasteiger partial charge on any atom is 0.415 e. The molecule has 2 aromatic carbocycles. The van der Waals surface area contributed by atoms with Gasteiger partial charge < -0.3 is 42.8 Å². The van der Waals surface area contributed by atoms with Gasteiger partial charge in [-0.25, -0.2) is 9.59 Å². The number of carbonyl (C=O) groups is 3. The zero-order chi connectivity index (χ0) is 39.8. The fourth-order valence-electron chi connectivity index (χ4n) is 5.82. The van der Waals surface area contributed by atoms with Crippen molar-refractivity contribution in [3.8, 4) is 11.5 Å². The van der Waals surface area contributed by atoms with E-state index in [2.05, 4.69) is 0 Å². The first-order chi connectivity index (χ1) is 25.4. The quantitative estimate of drug-likeness (QED) is 0.145. The van der Waals surface area contributed by atoms with E-state index in [1.54, 1.807) is 54.1 Å². The van der Waals surface area contributed by atoms with Crippen LogP contribution in [0.2, 0.25) is 0 Å². The Bertz CT molecular complexity index is 1660. The van der Waals surface area contributed by atoms with Crippen molar-refractivity contribution < 1.29 is 52.3 Å². The van der Waals surface area contributed by atoms with Crippen LogP contribution in [0.1, 0.15) is 76.4 Å². The van der Waals surface area contributed by atoms with Crippen LogP contribution < -0.4 is 14.4 Å². The standard InChI is InChI=1S/C41H56N2O11/c1-26-15-20-32(49-24-28-16-18-31(48-11)19-17-28)37-33(52-41(6,7)53-37)14-12-13-29-21-30(22-34(50-25-47-10)36(29)38(45)51-27(26)2)43(23-35(44)42(8)9)39(46)54-40(3,4)5/h12-13,15-22,26-27,32-33,37H,14,23-25H2,1-11H3/t26-,27+,32-,33+,37-/m1/s1. The third kappa shape index (κ3) is 11.5. The molecule has 0 radical (unpaired) electrons. The first kappa shape index (κ1) is 42.3. The molecule has 0 N–H and O–H groups in total. The molecule has 4 rings (SSSR count). The third-order valence-corrected chi connectivity index (χ3v) is 8.82. The zero-order valence-corrected chi connectivity index (χ0v) is 33.4. The molecule has 0 saturated carbocycles. The van der Waals surface area contributed by atoms with Gasteiger partial charge in [-0.3, -0.25) is 9.69 Å². The summed E-state index contributed by atoms with van der Waals surface area (Å²) in [6.45, 7) is 12.5. The van der Waals surface area contributed by atoms with Crippen molar-refractivity contribution in [1.29, 1.82) is 0 Å². The lowest BCUT2D eigenvalue weighted by Gasteiger charge is -2.29. The predicted octanol–water partition coefficient (Wildman–Crippen LogP) is 6.77. The van der Waals surface area contributed by atoms with Crippen molar-refractivity contribution in [2.24, 2.45) is 5.92 Å². The Labute approximate surface area is 319 Å². The second-order valence-electron chi connectivity index (χ2n) is 15.1. The van der Waals surface area contributed by atoms with Crippen molar-refractivity contribution in [3.05, 3.63) is 71.3 Å². The van der Waals surface area contributed by atoms with Crippen LogP contribution in [-0.2, 0) is 39.8 Å². The van der Waals surface area contributed by atoms with Crippen LogP contribution in [0.15, 0.2) is 54.6 Å². The van der Waals surface area contributed by atoms with E-state index >= 15 is 0 Å². The van der Waals surface area contributed by atoms with Gasteiger partial charge in [0, 0.05) is 33.2 Å². The molecular weight excluding hydrogens is 696 g/mol. The number of anilines is 1. The van der Waals surface area contributed by atoms with Gasteiger partial charge in [0.2, 0.25) is 5.91 Å². The summed E-state index contributed by atoms with van der Waals surface area (Å²) >= 11 is 0. The number of fused-ring (bicyclic) bond motifs is 2. The van der Waals surface area contributed by atoms with Crippen molar-refractivity contribution in [3.63, 3.8) is 0 Å². The molecule has 0 aromatic heterocycles. The Kier molecular flexibility index (Phi) is 14.3. The molecule has 2 aliphatic heterocycles. The molecular formula is C41H56N2O11. The summed E-state index contributed by atoms with van der Waals surface area (Å²) in [4.78, 5) is 43.3. The van der Waals surface area contributed by atoms with Crippen LogP contribution in [0.3, 0.4) is 0 Å². The minimum absolute atomic E-state index is 0.0961. The fraction of sp³-hybridized carbons (Fsp3) is 0.537. The molecule has 2 amide bonds. The number of hydrogen-bond acceptors (Lipinski definition) is 11. The van der Waals surface area contributed by atoms with Gasteiger partial charge in [-0.15, -0.1) is 0 Å². The maximum atomic E-state index is 14.1. The molecule has 0 bridgehead atoms. The normalized spacial score (nSPS) is 22.6. The van der Waals surface area contributed by atoms with Crippen molar-refractivity contribution in [2.45, 2.75) is 97.3 Å². The molecule has 5 atom stereocenters. The Morgan fingerprint density at radius 3 is 2.33 bits per heavy atom. The van der Waals surface area contributed by atoms with Gasteiger partial charge in [-0.1, -0.05) is 43.4 Å². The number of esters is 1. The molecule has 2 aliphatic rings. The highest BCUT2D eigenvalue weighted by Gasteiger charge is 2.44. The smallest absolute Gasteiger partial charge is 0.415 e. The minimum Gasteiger partial charge on any atom is -0.497 e. The van der Waals surface area contributed by atoms with E-state index in [-0.39, 0.29) is 42.2 Å². The average Bonchev–Trinajstić information content (AvgIpc) is 3.41. The Balaban J connectivity index is 1.81. The fourth-order valence-corrected chi connectivity index (χ4v) is 5.82. The first-order valence-corrected chi connectivity index (χ1v) is 18.1. The Hall–Kier alpha value is -4.43. The molecule has 2 aromatic rings. The summed E-state index contributed by atoms with van der Waals surface area (Å²) in [5.41, 5.74) is 0.869. The summed E-state index contributed by atoms with van der Waals surface area (Å²) < 4.78 is 47.6. The van der Waals surface area contributed by atoms with E-state index in [1.165, 1.54) is 23.0 Å². The number of carbonyl (C=O) groups excluding carboxylic acids is 3. The van der Waals surface area contributed by atoms with Gasteiger partial charge in [0.1, 0.15) is 47.5 Å². The highest BCUT2D eigenvalue weighted by atomic mass is 16.8. The topological polar surface area (TPSA) is 132 Å². The molecule has 2 heterocycles. The van der Waals surface area contributed by atoms with E-state index in [9.17, 15) is 14.4 Å². The molecule has 0 unspecified atom stereocenters. The van der Waals surface area contributed by atoms with Gasteiger partial charge in [-0.05, 0) is 77.3 Å². The summed E-state index contributed by atoms with van der Waals surface area (Å²) in [6.07, 6.45) is 5.13. The number of methoxy groups -OCH3 is 2. The lowest BCUT2D eigenvalue weighted by molar-refractivity contribution is -0.156. The largest absolute Gasteiger partial charge is 0.497 e. The molecule has 54 heavy (non-hydrogen) atoms. The molecule has 0 spiro atoms. The highest BCUT2D eigenvalue weighted by molar-refractivity contribution is 6.00. The Morgan fingerprint density at radius 1 is 1.00 bits per heavy atom. The number of likely N-dealkylation sites (N-methyl/N-ethyl adjacent to an activating group) is 1. The van der Waals surface area contributed by atoms with Crippen LogP contribution in [0.25, 0.3) is 6.08 Å². The number of rotatable bonds is 10. The summed E-state index contributed by atoms with van der Waals surface area (Å²) in [6, 6.07) is 10.8. The van der Waals surface area contributed by atoms with E-state index in [0.29, 0.717) is 18.6 Å². The number of cyclic esters (lactones) is 1. The molecule has 0 aliphatic carbocycles. The second kappa shape index (κ2) is 18.3. The summed E-state index contributed by atoms with van der Waals surface area (Å²) in [5.74, 6) is -1.28. The van der Waals surface area contributed by atoms with Crippen LogP contribution >= 0.6 is 0 Å². The number of benzene rings is 2. The monoisotopic (exact) mass is 752 g/mol. The highest BCUT2D eigenvalue weighted by Crippen LogP contribution is 2.36. The Morgan fingerprint density at radius 2 is 1.70 bits per heavy atom. The lowest BCUT2D eigenvalue weighted by atomic mass is 9.98. The average molecular weight is 753 g/mol. The molecule has 1 saturated heterocycles. The SMILES string of the molecule is COCOc1cc(N(CC(=O)N(C)C)C(=O)OC(C)(C)C)cc2c1C(=O)O[C@@H](C)[C@H](C)C=C[C@@H](OCc1ccc(OC)cc1)[C@H]1OC(C)(C)O[C@H]1CC=C2. The van der Waals surface area contributed by atoms with Crippen molar-refractivity contribution in [2.75, 3.05) is 46.6 Å². The van der Waals surface area contributed by atoms with Crippen LogP contribution in [0, 0.1) is 5.92 Å². The molecule has 1 fully saturated rings. The second-order valence-corrected chi connectivity index (χ2v) is 15.1. The minimum atomic E-state index is -0.899. The van der Waals surface area contributed by atoms with Gasteiger partial charge >= 0.3 is 12.1 Å². The number of ether oxygens (including phenoxy) is 8. The van der Waals surface area contributed by atoms with Crippen LogP contribution in [-0.4, -0.2) is 100 Å². The molecule has 296 valence electrons. The molecule has 13 nitrogen and oxygen atoms in total. The summed E-state index contributed by atoms with van der Waals surface area (Å²) in [5, 5.41) is 0. The van der Waals surface area contributed by atoms with Crippen LogP contribution in [0.5, 0.6) is 11.5 Å². The van der Waals surface area contributed by atoms with E-state index in [4.69, 9.17) is 37.9 Å². The number of hydrogen-bond donors (Lipinski definition) is 0. The van der Waals surface area contributed by atoms with E-state index in [0.717, 1.165) is 11.3 Å². The summed E-state index contributed by atoms with van der Waals surface area (Å²) in [7, 11) is 6.27. The van der Waals surface area contributed by atoms with Gasteiger partial charge in [0.05, 0.1) is 25.5 Å². The van der Waals surface area contributed by atoms with Crippen molar-refractivity contribution in [1.82, 2.24) is 4.90 Å². The number of nitrogens with zero attached hydrogens (tertiary/aromatic N) is 2. The van der Waals surface area contributed by atoms with Gasteiger partial charge in [0.15, 0.2) is 12.6 Å². The van der Waals surface area contributed by atoms with E-state index < -0.39 is 47.9 Å². The van der Waals surface area contributed by atoms with Crippen LogP contribution in [0.4, 0.5) is 10.5 Å². The van der Waals surface area contributed by atoms with E-state index in [1.807, 2.05) is 70.2 Å².